The van der Waals surface area contributed by atoms with Crippen molar-refractivity contribution in [3.63, 3.8) is 0 Å². The lowest BCUT2D eigenvalue weighted by Crippen LogP contribution is -2.26. The highest BCUT2D eigenvalue weighted by Gasteiger charge is 2.17. The van der Waals surface area contributed by atoms with E-state index in [1.807, 2.05) is 24.3 Å². The predicted octanol–water partition coefficient (Wildman–Crippen LogP) is 6.15. The van der Waals surface area contributed by atoms with Crippen molar-refractivity contribution < 1.29 is 0 Å². The zero-order valence-electron chi connectivity index (χ0n) is 16.5. The second kappa shape index (κ2) is 10.2. The first-order valence-corrected chi connectivity index (χ1v) is 10.4. The largest absolute Gasteiger partial charge is 0.308 e. The maximum Gasteiger partial charge on any atom is 0.254 e. The fourth-order valence-corrected chi connectivity index (χ4v) is 3.94. The fourth-order valence-electron chi connectivity index (χ4n) is 3.87. The Morgan fingerprint density at radius 1 is 1.28 bits per heavy atom. The molecule has 3 rings (SSSR count). The van der Waals surface area contributed by atoms with Crippen molar-refractivity contribution in [2.24, 2.45) is 0 Å². The molecule has 0 amide bonds. The third-order valence-corrected chi connectivity index (χ3v) is 5.52. The molecule has 0 bridgehead atoms. The molecule has 1 fully saturated rings. The van der Waals surface area contributed by atoms with Crippen LogP contribution in [-0.2, 0) is 0 Å². The number of nitrogens with zero attached hydrogens (tertiary/aromatic N) is 2. The minimum atomic E-state index is -0.00496. The standard InChI is InChI=1S/C24H26ClN3O/c1-18(14-19(16-26)8-7-13-25)21-11-5-6-12-22(21)23-15-24(29)28(17-27-23)20-9-3-2-4-10-20/h5-8,11-13,15-17,20,26H,1-4,9-10,14H2/b13-7+,19-8-,26-16?. The van der Waals surface area contributed by atoms with Gasteiger partial charge in [0.1, 0.15) is 0 Å². The molecule has 0 saturated heterocycles. The number of aromatic nitrogens is 2. The lowest BCUT2D eigenvalue weighted by molar-refractivity contribution is 0.343. The molecule has 150 valence electrons. The minimum absolute atomic E-state index is 0.00496. The third-order valence-electron chi connectivity index (χ3n) is 5.37. The molecule has 1 heterocycles. The van der Waals surface area contributed by atoms with Crippen molar-refractivity contribution in [1.29, 1.82) is 5.41 Å². The van der Waals surface area contributed by atoms with Gasteiger partial charge < -0.3 is 5.41 Å². The van der Waals surface area contributed by atoms with Gasteiger partial charge in [0, 0.05) is 29.4 Å². The van der Waals surface area contributed by atoms with Gasteiger partial charge in [-0.25, -0.2) is 4.98 Å². The molecule has 29 heavy (non-hydrogen) atoms. The Hall–Kier alpha value is -2.72. The number of hydrogen-bond acceptors (Lipinski definition) is 3. The van der Waals surface area contributed by atoms with Crippen LogP contribution in [0, 0.1) is 5.41 Å². The first kappa shape index (κ1) is 21.0. The van der Waals surface area contributed by atoms with Crippen molar-refractivity contribution in [3.05, 3.63) is 82.4 Å². The van der Waals surface area contributed by atoms with Crippen molar-refractivity contribution in [1.82, 2.24) is 9.55 Å². The molecule has 5 heteroatoms. The van der Waals surface area contributed by atoms with Gasteiger partial charge in [-0.15, -0.1) is 0 Å². The van der Waals surface area contributed by atoms with E-state index in [-0.39, 0.29) is 11.6 Å². The van der Waals surface area contributed by atoms with Crippen LogP contribution in [0.15, 0.2) is 71.3 Å². The van der Waals surface area contributed by atoms with Crippen LogP contribution in [0.25, 0.3) is 16.8 Å². The zero-order chi connectivity index (χ0) is 20.6. The van der Waals surface area contributed by atoms with E-state index in [1.54, 1.807) is 29.1 Å². The summed E-state index contributed by atoms with van der Waals surface area (Å²) in [4.78, 5) is 17.4. The molecule has 0 unspecified atom stereocenters. The number of halogens is 1. The van der Waals surface area contributed by atoms with Crippen LogP contribution in [0.1, 0.15) is 50.1 Å². The van der Waals surface area contributed by atoms with Crippen molar-refractivity contribution >= 4 is 23.4 Å². The van der Waals surface area contributed by atoms with Crippen LogP contribution in [0.3, 0.4) is 0 Å². The quantitative estimate of drug-likeness (QED) is 0.442. The maximum atomic E-state index is 12.8. The van der Waals surface area contributed by atoms with Gasteiger partial charge in [-0.3, -0.25) is 9.36 Å². The normalized spacial score (nSPS) is 15.6. The van der Waals surface area contributed by atoms with E-state index in [0.717, 1.165) is 35.1 Å². The molecule has 0 aliphatic heterocycles. The van der Waals surface area contributed by atoms with E-state index >= 15 is 0 Å². The number of rotatable bonds is 7. The van der Waals surface area contributed by atoms with Crippen LogP contribution in [0.5, 0.6) is 0 Å². The lowest BCUT2D eigenvalue weighted by atomic mass is 9.93. The molecular weight excluding hydrogens is 382 g/mol. The van der Waals surface area contributed by atoms with Crippen molar-refractivity contribution in [2.45, 2.75) is 44.6 Å². The number of allylic oxidation sites excluding steroid dienone is 4. The monoisotopic (exact) mass is 407 g/mol. The first-order valence-electron chi connectivity index (χ1n) is 9.96. The van der Waals surface area contributed by atoms with E-state index in [0.29, 0.717) is 12.1 Å². The molecule has 1 saturated carbocycles. The van der Waals surface area contributed by atoms with Crippen LogP contribution in [0.4, 0.5) is 0 Å². The lowest BCUT2D eigenvalue weighted by Gasteiger charge is -2.23. The average molecular weight is 408 g/mol. The van der Waals surface area contributed by atoms with Gasteiger partial charge in [0.25, 0.3) is 5.56 Å². The highest BCUT2D eigenvalue weighted by molar-refractivity contribution is 6.25. The molecule has 1 aromatic carbocycles. The number of benzene rings is 1. The van der Waals surface area contributed by atoms with Gasteiger partial charge in [-0.05, 0) is 36.0 Å². The summed E-state index contributed by atoms with van der Waals surface area (Å²) in [7, 11) is 0. The summed E-state index contributed by atoms with van der Waals surface area (Å²) in [5.41, 5.74) is 5.51. The summed E-state index contributed by atoms with van der Waals surface area (Å²) in [6, 6.07) is 9.71. The molecule has 1 N–H and O–H groups in total. The van der Waals surface area contributed by atoms with Crippen LogP contribution in [0.2, 0.25) is 0 Å². The second-order valence-corrected chi connectivity index (χ2v) is 7.59. The van der Waals surface area contributed by atoms with Gasteiger partial charge in [0.15, 0.2) is 0 Å². The Kier molecular flexibility index (Phi) is 7.36. The average Bonchev–Trinajstić information content (AvgIpc) is 2.77. The van der Waals surface area contributed by atoms with E-state index in [4.69, 9.17) is 17.0 Å². The molecule has 1 aromatic heterocycles. The zero-order valence-corrected chi connectivity index (χ0v) is 17.2. The van der Waals surface area contributed by atoms with E-state index < -0.39 is 0 Å². The number of nitrogens with one attached hydrogen (secondary N) is 1. The van der Waals surface area contributed by atoms with Crippen LogP contribution < -0.4 is 5.56 Å². The first-order chi connectivity index (χ1) is 14.1. The van der Waals surface area contributed by atoms with Crippen molar-refractivity contribution in [2.75, 3.05) is 0 Å². The molecule has 0 atom stereocenters. The van der Waals surface area contributed by atoms with Crippen LogP contribution >= 0.6 is 11.6 Å². The molecule has 1 aliphatic rings. The molecule has 1 aliphatic carbocycles. The molecule has 2 aromatic rings. The summed E-state index contributed by atoms with van der Waals surface area (Å²) in [6.07, 6.45) is 12.7. The topological polar surface area (TPSA) is 58.7 Å². The summed E-state index contributed by atoms with van der Waals surface area (Å²) in [5, 5.41) is 7.59. The summed E-state index contributed by atoms with van der Waals surface area (Å²) in [6.45, 7) is 4.21. The Bertz CT molecular complexity index is 997. The Morgan fingerprint density at radius 3 is 2.72 bits per heavy atom. The fraction of sp³-hybridized carbons (Fsp3) is 0.292. The summed E-state index contributed by atoms with van der Waals surface area (Å²) in [5.74, 6) is 0. The SMILES string of the molecule is C=C(C/C(C=N)=C/C=C/Cl)c1ccccc1-c1cc(=O)n(C2CCCCC2)cn1. The molecule has 0 spiro atoms. The highest BCUT2D eigenvalue weighted by Crippen LogP contribution is 2.30. The van der Waals surface area contributed by atoms with Crippen LogP contribution in [-0.4, -0.2) is 15.8 Å². The third kappa shape index (κ3) is 5.21. The summed E-state index contributed by atoms with van der Waals surface area (Å²) < 4.78 is 1.79. The maximum absolute atomic E-state index is 12.8. The Morgan fingerprint density at radius 2 is 2.03 bits per heavy atom. The smallest absolute Gasteiger partial charge is 0.254 e. The molecule has 4 nitrogen and oxygen atoms in total. The van der Waals surface area contributed by atoms with Gasteiger partial charge in [0.2, 0.25) is 0 Å². The van der Waals surface area contributed by atoms with Gasteiger partial charge in [-0.1, -0.05) is 73.9 Å². The Balaban J connectivity index is 1.90. The van der Waals surface area contributed by atoms with Crippen molar-refractivity contribution in [3.8, 4) is 11.3 Å². The predicted molar refractivity (Wildman–Crippen MR) is 122 cm³/mol. The number of hydrogen-bond donors (Lipinski definition) is 1. The molecule has 0 radical (unpaired) electrons. The Labute approximate surface area is 176 Å². The minimum Gasteiger partial charge on any atom is -0.308 e. The molecular formula is C24H26ClN3O. The second-order valence-electron chi connectivity index (χ2n) is 7.34. The van der Waals surface area contributed by atoms with Gasteiger partial charge in [-0.2, -0.15) is 0 Å². The van der Waals surface area contributed by atoms with E-state index in [2.05, 4.69) is 11.6 Å². The van der Waals surface area contributed by atoms with Gasteiger partial charge in [0.05, 0.1) is 12.0 Å². The van der Waals surface area contributed by atoms with Gasteiger partial charge >= 0.3 is 0 Å². The van der Waals surface area contributed by atoms with E-state index in [1.165, 1.54) is 31.0 Å². The summed E-state index contributed by atoms with van der Waals surface area (Å²) >= 11 is 5.58. The highest BCUT2D eigenvalue weighted by atomic mass is 35.5. The van der Waals surface area contributed by atoms with E-state index in [9.17, 15) is 4.79 Å².